The van der Waals surface area contributed by atoms with Crippen molar-refractivity contribution in [3.05, 3.63) is 60.2 Å². The van der Waals surface area contributed by atoms with Gasteiger partial charge in [0.05, 0.1) is 32.1 Å². The molecule has 0 unspecified atom stereocenters. The van der Waals surface area contributed by atoms with E-state index in [1.54, 1.807) is 32.4 Å². The fourth-order valence-electron chi connectivity index (χ4n) is 3.83. The van der Waals surface area contributed by atoms with Crippen LogP contribution in [0.4, 0.5) is 5.82 Å². The van der Waals surface area contributed by atoms with Gasteiger partial charge in [-0.25, -0.2) is 0 Å². The maximum Gasteiger partial charge on any atom is 0.257 e. The molecule has 0 saturated carbocycles. The highest BCUT2D eigenvalue weighted by Gasteiger charge is 2.25. The minimum absolute atomic E-state index is 0.0673. The van der Waals surface area contributed by atoms with E-state index in [4.69, 9.17) is 14.2 Å². The summed E-state index contributed by atoms with van der Waals surface area (Å²) < 4.78 is 16.1. The van der Waals surface area contributed by atoms with E-state index < -0.39 is 0 Å². The van der Waals surface area contributed by atoms with Gasteiger partial charge in [0.25, 0.3) is 5.91 Å². The molecule has 1 aliphatic rings. The Bertz CT molecular complexity index is 1080. The monoisotopic (exact) mass is 448 g/mol. The molecule has 1 aromatic heterocycles. The van der Waals surface area contributed by atoms with Gasteiger partial charge >= 0.3 is 0 Å². The molecule has 1 saturated heterocycles. The molecule has 0 spiro atoms. The average Bonchev–Trinajstić information content (AvgIpc) is 2.89. The van der Waals surface area contributed by atoms with Gasteiger partial charge in [-0.3, -0.25) is 4.79 Å². The average molecular weight is 449 g/mol. The Balaban J connectivity index is 1.39. The molecule has 8 heteroatoms. The topological polar surface area (TPSA) is 77.0 Å². The van der Waals surface area contributed by atoms with Crippen molar-refractivity contribution >= 4 is 11.7 Å². The number of nitrogens with zero attached hydrogens (tertiary/aromatic N) is 4. The van der Waals surface area contributed by atoms with E-state index in [0.29, 0.717) is 49.8 Å². The third-order valence-corrected chi connectivity index (χ3v) is 5.64. The summed E-state index contributed by atoms with van der Waals surface area (Å²) in [5.74, 6) is 2.74. The second-order valence-electron chi connectivity index (χ2n) is 7.58. The van der Waals surface area contributed by atoms with Crippen molar-refractivity contribution in [2.75, 3.05) is 51.9 Å². The van der Waals surface area contributed by atoms with Crippen LogP contribution in [0.1, 0.15) is 17.3 Å². The van der Waals surface area contributed by atoms with Crippen LogP contribution in [0.2, 0.25) is 0 Å². The summed E-state index contributed by atoms with van der Waals surface area (Å²) in [6.45, 7) is 5.12. The van der Waals surface area contributed by atoms with Crippen LogP contribution in [0.15, 0.2) is 54.6 Å². The van der Waals surface area contributed by atoms with E-state index in [1.165, 1.54) is 0 Å². The summed E-state index contributed by atoms with van der Waals surface area (Å²) in [6.07, 6.45) is 0. The Morgan fingerprint density at radius 1 is 0.879 bits per heavy atom. The minimum Gasteiger partial charge on any atom is -0.497 e. The molecule has 172 valence electrons. The summed E-state index contributed by atoms with van der Waals surface area (Å²) in [6, 6.07) is 17.0. The summed E-state index contributed by atoms with van der Waals surface area (Å²) in [5.41, 5.74) is 2.30. The maximum atomic E-state index is 13.1. The second kappa shape index (κ2) is 10.2. The van der Waals surface area contributed by atoms with Gasteiger partial charge in [0.1, 0.15) is 17.2 Å². The van der Waals surface area contributed by atoms with Crippen molar-refractivity contribution in [3.63, 3.8) is 0 Å². The van der Waals surface area contributed by atoms with Gasteiger partial charge in [-0.05, 0) is 61.5 Å². The maximum absolute atomic E-state index is 13.1. The normalized spacial score (nSPS) is 13.5. The Labute approximate surface area is 193 Å². The molecular weight excluding hydrogens is 420 g/mol. The SMILES string of the molecule is CCOc1ccc(-c2ccc(N3CCN(C(=O)c4cc(OC)ccc4OC)CC3)nn2)cc1. The van der Waals surface area contributed by atoms with Gasteiger partial charge in [-0.1, -0.05) is 0 Å². The number of piperazine rings is 1. The highest BCUT2D eigenvalue weighted by Crippen LogP contribution is 2.26. The Kier molecular flexibility index (Phi) is 6.92. The lowest BCUT2D eigenvalue weighted by Gasteiger charge is -2.35. The molecule has 1 aliphatic heterocycles. The molecule has 0 aliphatic carbocycles. The van der Waals surface area contributed by atoms with Crippen LogP contribution in [0.5, 0.6) is 17.2 Å². The van der Waals surface area contributed by atoms with Crippen molar-refractivity contribution < 1.29 is 19.0 Å². The number of rotatable bonds is 7. The van der Waals surface area contributed by atoms with E-state index >= 15 is 0 Å². The van der Waals surface area contributed by atoms with Crippen molar-refractivity contribution in [2.24, 2.45) is 0 Å². The van der Waals surface area contributed by atoms with E-state index in [1.807, 2.05) is 48.2 Å². The number of hydrogen-bond donors (Lipinski definition) is 0. The molecule has 2 aromatic carbocycles. The fraction of sp³-hybridized carbons (Fsp3) is 0.320. The van der Waals surface area contributed by atoms with Crippen LogP contribution in [-0.4, -0.2) is 68.0 Å². The number of benzene rings is 2. The van der Waals surface area contributed by atoms with E-state index in [9.17, 15) is 4.79 Å². The van der Waals surface area contributed by atoms with Crippen LogP contribution in [-0.2, 0) is 0 Å². The zero-order valence-corrected chi connectivity index (χ0v) is 19.2. The predicted octanol–water partition coefficient (Wildman–Crippen LogP) is 3.52. The van der Waals surface area contributed by atoms with E-state index in [0.717, 1.165) is 22.8 Å². The van der Waals surface area contributed by atoms with Crippen molar-refractivity contribution in [3.8, 4) is 28.5 Å². The third kappa shape index (κ3) is 5.00. The molecule has 8 nitrogen and oxygen atoms in total. The summed E-state index contributed by atoms with van der Waals surface area (Å²) in [7, 11) is 3.14. The van der Waals surface area contributed by atoms with Crippen LogP contribution >= 0.6 is 0 Å². The van der Waals surface area contributed by atoms with Crippen molar-refractivity contribution in [1.82, 2.24) is 15.1 Å². The second-order valence-corrected chi connectivity index (χ2v) is 7.58. The molecule has 0 radical (unpaired) electrons. The van der Waals surface area contributed by atoms with Crippen LogP contribution in [0, 0.1) is 0 Å². The van der Waals surface area contributed by atoms with Crippen LogP contribution in [0.25, 0.3) is 11.3 Å². The van der Waals surface area contributed by atoms with Gasteiger partial charge < -0.3 is 24.0 Å². The Morgan fingerprint density at radius 3 is 2.21 bits per heavy atom. The molecular formula is C25H28N4O4. The molecule has 33 heavy (non-hydrogen) atoms. The molecule has 0 N–H and O–H groups in total. The zero-order valence-electron chi connectivity index (χ0n) is 19.2. The van der Waals surface area contributed by atoms with Gasteiger partial charge in [0.2, 0.25) is 0 Å². The molecule has 4 rings (SSSR count). The molecule has 0 atom stereocenters. The predicted molar refractivity (Wildman–Crippen MR) is 126 cm³/mol. The van der Waals surface area contributed by atoms with Crippen LogP contribution in [0.3, 0.4) is 0 Å². The largest absolute Gasteiger partial charge is 0.497 e. The molecule has 2 heterocycles. The Hall–Kier alpha value is -3.81. The molecule has 0 bridgehead atoms. The van der Waals surface area contributed by atoms with Gasteiger partial charge in [-0.15, -0.1) is 10.2 Å². The first-order chi connectivity index (χ1) is 16.1. The first-order valence-corrected chi connectivity index (χ1v) is 11.0. The standard InChI is InChI=1S/C25H28N4O4/c1-4-33-19-7-5-18(6-8-19)22-10-12-24(27-26-22)28-13-15-29(16-14-28)25(30)21-17-20(31-2)9-11-23(21)32-3/h5-12,17H,4,13-16H2,1-3H3. The number of methoxy groups -OCH3 is 2. The number of carbonyl (C=O) groups excluding carboxylic acids is 1. The summed E-state index contributed by atoms with van der Waals surface area (Å²) >= 11 is 0. The summed E-state index contributed by atoms with van der Waals surface area (Å²) in [4.78, 5) is 17.1. The molecule has 3 aromatic rings. The highest BCUT2D eigenvalue weighted by atomic mass is 16.5. The number of ether oxygens (including phenoxy) is 3. The van der Waals surface area contributed by atoms with Gasteiger partial charge in [0.15, 0.2) is 5.82 Å². The quantitative estimate of drug-likeness (QED) is 0.547. The number of carbonyl (C=O) groups is 1. The van der Waals surface area contributed by atoms with Crippen LogP contribution < -0.4 is 19.1 Å². The smallest absolute Gasteiger partial charge is 0.257 e. The van der Waals surface area contributed by atoms with Gasteiger partial charge in [-0.2, -0.15) is 0 Å². The first-order valence-electron chi connectivity index (χ1n) is 11.0. The van der Waals surface area contributed by atoms with E-state index in [-0.39, 0.29) is 5.91 Å². The molecule has 1 fully saturated rings. The summed E-state index contributed by atoms with van der Waals surface area (Å²) in [5, 5.41) is 8.82. The number of amides is 1. The van der Waals surface area contributed by atoms with Crippen molar-refractivity contribution in [1.29, 1.82) is 0 Å². The zero-order chi connectivity index (χ0) is 23.2. The number of hydrogen-bond acceptors (Lipinski definition) is 7. The Morgan fingerprint density at radius 2 is 1.61 bits per heavy atom. The fourth-order valence-corrected chi connectivity index (χ4v) is 3.83. The van der Waals surface area contributed by atoms with Crippen molar-refractivity contribution in [2.45, 2.75) is 6.92 Å². The first kappa shape index (κ1) is 22.4. The molecule has 1 amide bonds. The van der Waals surface area contributed by atoms with E-state index in [2.05, 4.69) is 15.1 Å². The highest BCUT2D eigenvalue weighted by molar-refractivity contribution is 5.97. The number of anilines is 1. The minimum atomic E-state index is -0.0673. The number of aromatic nitrogens is 2. The lowest BCUT2D eigenvalue weighted by molar-refractivity contribution is 0.0742. The van der Waals surface area contributed by atoms with Gasteiger partial charge in [0, 0.05) is 31.7 Å². The lowest BCUT2D eigenvalue weighted by atomic mass is 10.1. The third-order valence-electron chi connectivity index (χ3n) is 5.64. The lowest BCUT2D eigenvalue weighted by Crippen LogP contribution is -2.49.